The number of benzene rings is 1. The van der Waals surface area contributed by atoms with Crippen molar-refractivity contribution in [2.75, 3.05) is 13.6 Å². The molecule has 0 bridgehead atoms. The number of hydrogen-bond acceptors (Lipinski definition) is 2. The lowest BCUT2D eigenvalue weighted by Gasteiger charge is -2.45. The van der Waals surface area contributed by atoms with Crippen molar-refractivity contribution in [3.8, 4) is 0 Å². The molecule has 1 N–H and O–H groups in total. The van der Waals surface area contributed by atoms with E-state index in [-0.39, 0.29) is 5.54 Å². The monoisotopic (exact) mass is 246 g/mol. The van der Waals surface area contributed by atoms with E-state index in [1.54, 1.807) is 0 Å². The molecule has 1 atom stereocenters. The Morgan fingerprint density at radius 3 is 2.61 bits per heavy atom. The third kappa shape index (κ3) is 3.12. The number of piperidine rings is 1. The summed E-state index contributed by atoms with van der Waals surface area (Å²) in [7, 11) is 2.08. The van der Waals surface area contributed by atoms with Crippen LogP contribution in [0.3, 0.4) is 0 Å². The van der Waals surface area contributed by atoms with Crippen LogP contribution >= 0.6 is 0 Å². The molecule has 1 unspecified atom stereocenters. The molecular formula is C16H26N2. The van der Waals surface area contributed by atoms with Crippen LogP contribution in [0.25, 0.3) is 0 Å². The second kappa shape index (κ2) is 5.85. The van der Waals surface area contributed by atoms with E-state index in [0.717, 1.165) is 6.54 Å². The first-order valence-electron chi connectivity index (χ1n) is 7.10. The molecule has 0 spiro atoms. The molecule has 18 heavy (non-hydrogen) atoms. The summed E-state index contributed by atoms with van der Waals surface area (Å²) in [6, 6.07) is 11.5. The summed E-state index contributed by atoms with van der Waals surface area (Å²) < 4.78 is 0. The van der Waals surface area contributed by atoms with Crippen LogP contribution in [0.15, 0.2) is 30.3 Å². The Bertz CT molecular complexity index is 359. The molecule has 0 aliphatic carbocycles. The summed E-state index contributed by atoms with van der Waals surface area (Å²) >= 11 is 0. The van der Waals surface area contributed by atoms with E-state index < -0.39 is 0 Å². The van der Waals surface area contributed by atoms with E-state index in [4.69, 9.17) is 0 Å². The Labute approximate surface area is 111 Å². The molecular weight excluding hydrogens is 220 g/mol. The highest BCUT2D eigenvalue weighted by Gasteiger charge is 2.34. The van der Waals surface area contributed by atoms with Gasteiger partial charge in [0.05, 0.1) is 0 Å². The van der Waals surface area contributed by atoms with Crippen molar-refractivity contribution in [3.63, 3.8) is 0 Å². The molecule has 1 saturated heterocycles. The molecule has 1 aliphatic rings. The van der Waals surface area contributed by atoms with Crippen LogP contribution in [0.4, 0.5) is 0 Å². The lowest BCUT2D eigenvalue weighted by atomic mass is 9.86. The summed E-state index contributed by atoms with van der Waals surface area (Å²) in [6.07, 6.45) is 4.00. The third-order valence-corrected chi connectivity index (χ3v) is 4.32. The van der Waals surface area contributed by atoms with Gasteiger partial charge in [-0.3, -0.25) is 4.90 Å². The summed E-state index contributed by atoms with van der Waals surface area (Å²) in [5.41, 5.74) is 1.62. The van der Waals surface area contributed by atoms with Crippen LogP contribution in [0.2, 0.25) is 0 Å². The van der Waals surface area contributed by atoms with Gasteiger partial charge in [0.15, 0.2) is 0 Å². The fourth-order valence-electron chi connectivity index (χ4n) is 2.98. The van der Waals surface area contributed by atoms with Gasteiger partial charge in [0.2, 0.25) is 0 Å². The first kappa shape index (κ1) is 13.6. The molecule has 2 nitrogen and oxygen atoms in total. The SMILES string of the molecule is CNC(C)(C)C1CCCCN1Cc1ccccc1. The van der Waals surface area contributed by atoms with Crippen molar-refractivity contribution >= 4 is 0 Å². The molecule has 1 aromatic carbocycles. The molecule has 1 fully saturated rings. The zero-order chi connectivity index (χ0) is 13.0. The Morgan fingerprint density at radius 1 is 1.22 bits per heavy atom. The maximum absolute atomic E-state index is 3.49. The van der Waals surface area contributed by atoms with Crippen LogP contribution in [-0.4, -0.2) is 30.1 Å². The Kier molecular flexibility index (Phi) is 4.41. The van der Waals surface area contributed by atoms with Gasteiger partial charge in [-0.25, -0.2) is 0 Å². The summed E-state index contributed by atoms with van der Waals surface area (Å²) in [4.78, 5) is 2.65. The predicted molar refractivity (Wildman–Crippen MR) is 77.6 cm³/mol. The maximum Gasteiger partial charge on any atom is 0.0277 e. The minimum atomic E-state index is 0.190. The van der Waals surface area contributed by atoms with Crippen LogP contribution in [-0.2, 0) is 6.54 Å². The molecule has 1 aromatic rings. The first-order chi connectivity index (χ1) is 8.63. The fourth-order valence-corrected chi connectivity index (χ4v) is 2.98. The van der Waals surface area contributed by atoms with E-state index >= 15 is 0 Å². The fraction of sp³-hybridized carbons (Fsp3) is 0.625. The van der Waals surface area contributed by atoms with E-state index in [2.05, 4.69) is 61.4 Å². The topological polar surface area (TPSA) is 15.3 Å². The lowest BCUT2D eigenvalue weighted by Crippen LogP contribution is -2.57. The normalized spacial score (nSPS) is 22.1. The molecule has 1 aliphatic heterocycles. The van der Waals surface area contributed by atoms with Crippen molar-refractivity contribution < 1.29 is 0 Å². The third-order valence-electron chi connectivity index (χ3n) is 4.32. The predicted octanol–water partition coefficient (Wildman–Crippen LogP) is 3.04. The van der Waals surface area contributed by atoms with Gasteiger partial charge in [0.1, 0.15) is 0 Å². The quantitative estimate of drug-likeness (QED) is 0.878. The van der Waals surface area contributed by atoms with Crippen molar-refractivity contribution in [1.29, 1.82) is 0 Å². The zero-order valence-corrected chi connectivity index (χ0v) is 11.9. The van der Waals surface area contributed by atoms with Crippen molar-refractivity contribution in [3.05, 3.63) is 35.9 Å². The van der Waals surface area contributed by atoms with E-state index in [0.29, 0.717) is 6.04 Å². The average Bonchev–Trinajstić information content (AvgIpc) is 2.40. The van der Waals surface area contributed by atoms with Crippen LogP contribution in [0, 0.1) is 0 Å². The molecule has 0 saturated carbocycles. The van der Waals surface area contributed by atoms with Gasteiger partial charge in [0, 0.05) is 18.1 Å². The number of likely N-dealkylation sites (N-methyl/N-ethyl adjacent to an activating group) is 1. The number of nitrogens with zero attached hydrogens (tertiary/aromatic N) is 1. The summed E-state index contributed by atoms with van der Waals surface area (Å²) in [5, 5.41) is 3.49. The smallest absolute Gasteiger partial charge is 0.0277 e. The Balaban J connectivity index is 2.09. The minimum Gasteiger partial charge on any atom is -0.313 e. The highest BCUT2D eigenvalue weighted by atomic mass is 15.2. The van der Waals surface area contributed by atoms with Crippen LogP contribution in [0.1, 0.15) is 38.7 Å². The molecule has 0 aromatic heterocycles. The van der Waals surface area contributed by atoms with Gasteiger partial charge in [-0.05, 0) is 45.8 Å². The van der Waals surface area contributed by atoms with Gasteiger partial charge < -0.3 is 5.32 Å². The zero-order valence-electron chi connectivity index (χ0n) is 11.9. The number of likely N-dealkylation sites (tertiary alicyclic amines) is 1. The number of nitrogens with one attached hydrogen (secondary N) is 1. The highest BCUT2D eigenvalue weighted by Crippen LogP contribution is 2.27. The Morgan fingerprint density at radius 2 is 1.94 bits per heavy atom. The molecule has 0 amide bonds. The second-order valence-electron chi connectivity index (χ2n) is 5.94. The summed E-state index contributed by atoms with van der Waals surface area (Å²) in [5.74, 6) is 0. The van der Waals surface area contributed by atoms with E-state index in [1.165, 1.54) is 31.4 Å². The lowest BCUT2D eigenvalue weighted by molar-refractivity contribution is 0.0751. The second-order valence-corrected chi connectivity index (χ2v) is 5.94. The van der Waals surface area contributed by atoms with Crippen molar-refractivity contribution in [2.24, 2.45) is 0 Å². The summed E-state index contributed by atoms with van der Waals surface area (Å²) in [6.45, 7) is 6.95. The van der Waals surface area contributed by atoms with E-state index in [9.17, 15) is 0 Å². The largest absolute Gasteiger partial charge is 0.313 e. The van der Waals surface area contributed by atoms with Gasteiger partial charge in [-0.2, -0.15) is 0 Å². The van der Waals surface area contributed by atoms with Gasteiger partial charge in [0.25, 0.3) is 0 Å². The highest BCUT2D eigenvalue weighted by molar-refractivity contribution is 5.15. The van der Waals surface area contributed by atoms with Crippen molar-refractivity contribution in [1.82, 2.24) is 10.2 Å². The number of hydrogen-bond donors (Lipinski definition) is 1. The minimum absolute atomic E-state index is 0.190. The molecule has 100 valence electrons. The first-order valence-corrected chi connectivity index (χ1v) is 7.10. The molecule has 2 rings (SSSR count). The van der Waals surface area contributed by atoms with Gasteiger partial charge in [-0.1, -0.05) is 36.8 Å². The standard InChI is InChI=1S/C16H26N2/c1-16(2,17-3)15-11-7-8-12-18(15)13-14-9-5-4-6-10-14/h4-6,9-10,15,17H,7-8,11-13H2,1-3H3. The van der Waals surface area contributed by atoms with Crippen molar-refractivity contribution in [2.45, 2.75) is 51.2 Å². The molecule has 0 radical (unpaired) electrons. The number of rotatable bonds is 4. The van der Waals surface area contributed by atoms with Gasteiger partial charge >= 0.3 is 0 Å². The average molecular weight is 246 g/mol. The molecule has 1 heterocycles. The maximum atomic E-state index is 3.49. The van der Waals surface area contributed by atoms with Crippen LogP contribution < -0.4 is 5.32 Å². The van der Waals surface area contributed by atoms with E-state index in [1.807, 2.05) is 0 Å². The van der Waals surface area contributed by atoms with Gasteiger partial charge in [-0.15, -0.1) is 0 Å². The molecule has 2 heteroatoms. The van der Waals surface area contributed by atoms with Crippen LogP contribution in [0.5, 0.6) is 0 Å². The Hall–Kier alpha value is -0.860.